The first kappa shape index (κ1) is 15.4. The Morgan fingerprint density at radius 2 is 2.40 bits per heavy atom. The van der Waals surface area contributed by atoms with E-state index in [1.165, 1.54) is 10.7 Å². The molecule has 1 saturated heterocycles. The minimum absolute atomic E-state index is 0.273. The Hall–Kier alpha value is -1.03. The molecule has 2 heterocycles. The summed E-state index contributed by atoms with van der Waals surface area (Å²) in [5.41, 5.74) is 0. The number of aromatic nitrogens is 2. The monoisotopic (exact) mass is 303 g/mol. The van der Waals surface area contributed by atoms with E-state index in [1.54, 1.807) is 0 Å². The molecule has 1 aromatic heterocycles. The van der Waals surface area contributed by atoms with E-state index in [9.17, 15) is 8.42 Å². The predicted octanol–water partition coefficient (Wildman–Crippen LogP) is -0.622. The van der Waals surface area contributed by atoms with Crippen molar-refractivity contribution in [3.63, 3.8) is 0 Å². The SMILES string of the molecule is CNCC1CCCN(S(=O)(=O)NCCc2ncon2)C1. The summed E-state index contributed by atoms with van der Waals surface area (Å²) in [4.78, 5) is 3.85. The van der Waals surface area contributed by atoms with Gasteiger partial charge in [0.25, 0.3) is 10.2 Å². The smallest absolute Gasteiger partial charge is 0.279 e. The molecule has 114 valence electrons. The summed E-state index contributed by atoms with van der Waals surface area (Å²) in [6.45, 7) is 2.26. The number of nitrogens with one attached hydrogen (secondary N) is 2. The van der Waals surface area contributed by atoms with Gasteiger partial charge in [0.15, 0.2) is 5.82 Å². The van der Waals surface area contributed by atoms with Crippen LogP contribution in [-0.4, -0.2) is 56.1 Å². The van der Waals surface area contributed by atoms with Gasteiger partial charge in [-0.25, -0.2) is 4.72 Å². The topological polar surface area (TPSA) is 100 Å². The van der Waals surface area contributed by atoms with E-state index >= 15 is 0 Å². The van der Waals surface area contributed by atoms with Gasteiger partial charge < -0.3 is 9.84 Å². The number of rotatable bonds is 7. The zero-order chi connectivity index (χ0) is 14.4. The van der Waals surface area contributed by atoms with Gasteiger partial charge in [-0.1, -0.05) is 5.16 Å². The van der Waals surface area contributed by atoms with Gasteiger partial charge in [0.05, 0.1) is 0 Å². The van der Waals surface area contributed by atoms with Crippen LogP contribution in [0.5, 0.6) is 0 Å². The number of hydrogen-bond donors (Lipinski definition) is 2. The zero-order valence-corrected chi connectivity index (χ0v) is 12.4. The third-order valence-corrected chi connectivity index (χ3v) is 4.93. The Balaban J connectivity index is 1.82. The van der Waals surface area contributed by atoms with Gasteiger partial charge in [0.1, 0.15) is 0 Å². The molecule has 2 rings (SSSR count). The van der Waals surface area contributed by atoms with Crippen molar-refractivity contribution in [1.29, 1.82) is 0 Å². The Morgan fingerprint density at radius 1 is 1.55 bits per heavy atom. The van der Waals surface area contributed by atoms with Crippen molar-refractivity contribution >= 4 is 10.2 Å². The van der Waals surface area contributed by atoms with Gasteiger partial charge in [-0.3, -0.25) is 0 Å². The molecule has 8 nitrogen and oxygen atoms in total. The van der Waals surface area contributed by atoms with Crippen molar-refractivity contribution in [3.05, 3.63) is 12.2 Å². The summed E-state index contributed by atoms with van der Waals surface area (Å²) in [7, 11) is -1.53. The van der Waals surface area contributed by atoms with Gasteiger partial charge in [0.2, 0.25) is 6.39 Å². The summed E-state index contributed by atoms with van der Waals surface area (Å²) in [5.74, 6) is 0.877. The summed E-state index contributed by atoms with van der Waals surface area (Å²) >= 11 is 0. The largest absolute Gasteiger partial charge is 0.343 e. The standard InChI is InChI=1S/C11H21N5O3S/c1-12-7-10-3-2-6-16(8-10)20(17,18)14-5-4-11-13-9-19-15-11/h9-10,12,14H,2-8H2,1H3. The molecular formula is C11H21N5O3S. The van der Waals surface area contributed by atoms with Gasteiger partial charge in [-0.15, -0.1) is 0 Å². The fourth-order valence-electron chi connectivity index (χ4n) is 2.39. The van der Waals surface area contributed by atoms with E-state index in [1.807, 2.05) is 7.05 Å². The van der Waals surface area contributed by atoms with Crippen molar-refractivity contribution in [2.45, 2.75) is 19.3 Å². The number of hydrogen-bond acceptors (Lipinski definition) is 6. The van der Waals surface area contributed by atoms with Crippen LogP contribution >= 0.6 is 0 Å². The lowest BCUT2D eigenvalue weighted by Crippen LogP contribution is -2.47. The van der Waals surface area contributed by atoms with E-state index in [4.69, 9.17) is 0 Å². The summed E-state index contributed by atoms with van der Waals surface area (Å²) < 4.78 is 33.1. The van der Waals surface area contributed by atoms with E-state index in [-0.39, 0.29) is 6.54 Å². The minimum Gasteiger partial charge on any atom is -0.343 e. The zero-order valence-electron chi connectivity index (χ0n) is 11.6. The minimum atomic E-state index is -3.42. The highest BCUT2D eigenvalue weighted by Crippen LogP contribution is 2.17. The molecule has 0 radical (unpaired) electrons. The fourth-order valence-corrected chi connectivity index (χ4v) is 3.71. The molecule has 9 heteroatoms. The Kier molecular flexibility index (Phi) is 5.46. The molecule has 1 aliphatic heterocycles. The molecule has 0 bridgehead atoms. The van der Waals surface area contributed by atoms with Crippen LogP contribution < -0.4 is 10.0 Å². The van der Waals surface area contributed by atoms with E-state index in [0.717, 1.165) is 19.4 Å². The quantitative estimate of drug-likeness (QED) is 0.696. The van der Waals surface area contributed by atoms with Crippen LogP contribution in [0.1, 0.15) is 18.7 Å². The highest BCUT2D eigenvalue weighted by molar-refractivity contribution is 7.87. The molecular weight excluding hydrogens is 282 g/mol. The van der Waals surface area contributed by atoms with Crippen LogP contribution in [0.4, 0.5) is 0 Å². The summed E-state index contributed by atoms with van der Waals surface area (Å²) in [6, 6.07) is 0. The molecule has 1 fully saturated rings. The molecule has 1 aliphatic rings. The fraction of sp³-hybridized carbons (Fsp3) is 0.818. The first-order chi connectivity index (χ1) is 9.62. The molecule has 0 spiro atoms. The van der Waals surface area contributed by atoms with Crippen molar-refractivity contribution in [3.8, 4) is 0 Å². The van der Waals surface area contributed by atoms with Crippen LogP contribution in [-0.2, 0) is 16.6 Å². The van der Waals surface area contributed by atoms with E-state index in [2.05, 4.69) is 24.7 Å². The van der Waals surface area contributed by atoms with Crippen LogP contribution in [0.25, 0.3) is 0 Å². The summed E-state index contributed by atoms with van der Waals surface area (Å²) in [6.07, 6.45) is 3.62. The molecule has 0 aromatic carbocycles. The van der Waals surface area contributed by atoms with Gasteiger partial charge >= 0.3 is 0 Å². The van der Waals surface area contributed by atoms with Crippen molar-refractivity contribution in [2.24, 2.45) is 5.92 Å². The molecule has 0 saturated carbocycles. The van der Waals surface area contributed by atoms with Crippen LogP contribution in [0.3, 0.4) is 0 Å². The normalized spacial score (nSPS) is 21.1. The number of nitrogens with zero attached hydrogens (tertiary/aromatic N) is 3. The Labute approximate surface area is 119 Å². The highest BCUT2D eigenvalue weighted by atomic mass is 32.2. The first-order valence-electron chi connectivity index (χ1n) is 6.76. The van der Waals surface area contributed by atoms with Gasteiger partial charge in [-0.05, 0) is 32.4 Å². The molecule has 1 aromatic rings. The van der Waals surface area contributed by atoms with Crippen LogP contribution in [0.2, 0.25) is 0 Å². The molecule has 20 heavy (non-hydrogen) atoms. The maximum absolute atomic E-state index is 12.2. The van der Waals surface area contributed by atoms with E-state index < -0.39 is 10.2 Å². The molecule has 2 N–H and O–H groups in total. The molecule has 0 aliphatic carbocycles. The summed E-state index contributed by atoms with van der Waals surface area (Å²) in [5, 5.41) is 6.74. The first-order valence-corrected chi connectivity index (χ1v) is 8.20. The van der Waals surface area contributed by atoms with Crippen molar-refractivity contribution < 1.29 is 12.9 Å². The maximum atomic E-state index is 12.2. The predicted molar refractivity (Wildman–Crippen MR) is 73.1 cm³/mol. The molecule has 0 amide bonds. The third-order valence-electron chi connectivity index (χ3n) is 3.35. The second-order valence-electron chi connectivity index (χ2n) is 4.92. The van der Waals surface area contributed by atoms with Crippen LogP contribution in [0.15, 0.2) is 10.9 Å². The highest BCUT2D eigenvalue weighted by Gasteiger charge is 2.28. The lowest BCUT2D eigenvalue weighted by molar-refractivity contribution is 0.261. The Bertz CT molecular complexity index is 488. The second kappa shape index (κ2) is 7.11. The van der Waals surface area contributed by atoms with E-state index in [0.29, 0.717) is 31.3 Å². The van der Waals surface area contributed by atoms with Crippen LogP contribution in [0, 0.1) is 5.92 Å². The Morgan fingerprint density at radius 3 is 3.10 bits per heavy atom. The number of piperidine rings is 1. The van der Waals surface area contributed by atoms with Gasteiger partial charge in [0, 0.05) is 26.1 Å². The molecule has 1 atom stereocenters. The lowest BCUT2D eigenvalue weighted by Gasteiger charge is -2.31. The lowest BCUT2D eigenvalue weighted by atomic mass is 10.00. The van der Waals surface area contributed by atoms with Crippen molar-refractivity contribution in [1.82, 2.24) is 24.5 Å². The third kappa shape index (κ3) is 4.23. The molecule has 1 unspecified atom stereocenters. The van der Waals surface area contributed by atoms with Gasteiger partial charge in [-0.2, -0.15) is 17.7 Å². The average molecular weight is 303 g/mol. The average Bonchev–Trinajstić information content (AvgIpc) is 2.92. The van der Waals surface area contributed by atoms with Crippen molar-refractivity contribution in [2.75, 3.05) is 33.2 Å². The maximum Gasteiger partial charge on any atom is 0.279 e. The second-order valence-corrected chi connectivity index (χ2v) is 6.68.